The van der Waals surface area contributed by atoms with Gasteiger partial charge in [0, 0.05) is 12.6 Å². The van der Waals surface area contributed by atoms with Crippen molar-refractivity contribution in [2.75, 3.05) is 0 Å². The van der Waals surface area contributed by atoms with Crippen molar-refractivity contribution in [3.63, 3.8) is 0 Å². The summed E-state index contributed by atoms with van der Waals surface area (Å²) in [6, 6.07) is 3.13. The van der Waals surface area contributed by atoms with Crippen molar-refractivity contribution in [3.8, 4) is 0 Å². The van der Waals surface area contributed by atoms with Crippen LogP contribution in [0.5, 0.6) is 0 Å². The van der Waals surface area contributed by atoms with Crippen molar-refractivity contribution in [3.05, 3.63) is 35.1 Å². The fourth-order valence-corrected chi connectivity index (χ4v) is 3.66. The van der Waals surface area contributed by atoms with Crippen LogP contribution in [0.2, 0.25) is 0 Å². The average Bonchev–Trinajstić information content (AvgIpc) is 2.96. The van der Waals surface area contributed by atoms with Crippen LogP contribution in [0.25, 0.3) is 0 Å². The Bertz CT molecular complexity index is 497. The maximum absolute atomic E-state index is 13.3. The molecule has 0 spiro atoms. The third kappa shape index (κ3) is 2.82. The van der Waals surface area contributed by atoms with Crippen molar-refractivity contribution in [2.45, 2.75) is 44.4 Å². The quantitative estimate of drug-likeness (QED) is 0.824. The molecule has 3 atom stereocenters. The van der Waals surface area contributed by atoms with Crippen molar-refractivity contribution in [2.24, 2.45) is 11.8 Å². The van der Waals surface area contributed by atoms with Crippen molar-refractivity contribution < 1.29 is 17.6 Å². The van der Waals surface area contributed by atoms with Crippen molar-refractivity contribution in [1.29, 1.82) is 0 Å². The van der Waals surface area contributed by atoms with E-state index >= 15 is 0 Å². The van der Waals surface area contributed by atoms with Gasteiger partial charge in [-0.1, -0.05) is 6.42 Å². The molecule has 2 saturated carbocycles. The van der Waals surface area contributed by atoms with Gasteiger partial charge in [-0.3, -0.25) is 0 Å². The third-order valence-electron chi connectivity index (χ3n) is 4.59. The largest absolute Gasteiger partial charge is 0.416 e. The van der Waals surface area contributed by atoms with E-state index in [2.05, 4.69) is 5.32 Å². The van der Waals surface area contributed by atoms with Crippen molar-refractivity contribution >= 4 is 0 Å². The van der Waals surface area contributed by atoms with Crippen LogP contribution in [-0.2, 0) is 12.7 Å². The standard InChI is InChI=1S/C15H17F4N/c16-13-5-10(4-12(7-13)15(17,18)19)8-20-14-6-9-1-2-11(14)3-9/h4-5,7,9,11,14,20H,1-3,6,8H2. The number of halogens is 4. The Balaban J connectivity index is 1.67. The molecule has 2 aliphatic carbocycles. The van der Waals surface area contributed by atoms with Gasteiger partial charge in [-0.15, -0.1) is 0 Å². The highest BCUT2D eigenvalue weighted by Gasteiger charge is 2.39. The van der Waals surface area contributed by atoms with Gasteiger partial charge >= 0.3 is 6.18 Å². The predicted octanol–water partition coefficient (Wildman–Crippen LogP) is 4.12. The molecule has 1 N–H and O–H groups in total. The minimum atomic E-state index is -4.50. The maximum atomic E-state index is 13.3. The molecule has 0 saturated heterocycles. The summed E-state index contributed by atoms with van der Waals surface area (Å²) in [5.41, 5.74) is -0.553. The van der Waals surface area contributed by atoms with Gasteiger partial charge in [0.25, 0.3) is 0 Å². The third-order valence-corrected chi connectivity index (χ3v) is 4.59. The van der Waals surface area contributed by atoms with Gasteiger partial charge in [0.2, 0.25) is 0 Å². The Kier molecular flexibility index (Phi) is 3.48. The minimum Gasteiger partial charge on any atom is -0.310 e. The highest BCUT2D eigenvalue weighted by atomic mass is 19.4. The van der Waals surface area contributed by atoms with E-state index in [-0.39, 0.29) is 0 Å². The van der Waals surface area contributed by atoms with Gasteiger partial charge in [-0.25, -0.2) is 4.39 Å². The van der Waals surface area contributed by atoms with Crippen LogP contribution in [0, 0.1) is 17.7 Å². The number of fused-ring (bicyclic) bond motifs is 2. The molecule has 3 rings (SSSR count). The molecule has 0 heterocycles. The second kappa shape index (κ2) is 5.02. The normalized spacial score (nSPS) is 29.1. The van der Waals surface area contributed by atoms with Gasteiger partial charge in [0.15, 0.2) is 0 Å². The van der Waals surface area contributed by atoms with Gasteiger partial charge in [0.1, 0.15) is 5.82 Å². The lowest BCUT2D eigenvalue weighted by Gasteiger charge is -2.23. The molecule has 2 aliphatic rings. The Hall–Kier alpha value is -1.10. The van der Waals surface area contributed by atoms with Crippen LogP contribution in [0.1, 0.15) is 36.8 Å². The van der Waals surface area contributed by atoms with E-state index in [0.29, 0.717) is 30.1 Å². The smallest absolute Gasteiger partial charge is 0.310 e. The molecule has 1 aromatic carbocycles. The van der Waals surface area contributed by atoms with E-state index in [1.165, 1.54) is 25.3 Å². The molecule has 0 radical (unpaired) electrons. The zero-order valence-corrected chi connectivity index (χ0v) is 11.0. The summed E-state index contributed by atoms with van der Waals surface area (Å²) in [5.74, 6) is 0.593. The average molecular weight is 287 g/mol. The van der Waals surface area contributed by atoms with Crippen LogP contribution in [-0.4, -0.2) is 6.04 Å². The summed E-state index contributed by atoms with van der Waals surface area (Å²) < 4.78 is 51.2. The van der Waals surface area contributed by atoms with Crippen LogP contribution >= 0.6 is 0 Å². The van der Waals surface area contributed by atoms with E-state index in [9.17, 15) is 17.6 Å². The number of hydrogen-bond acceptors (Lipinski definition) is 1. The number of rotatable bonds is 3. The van der Waals surface area contributed by atoms with Gasteiger partial charge in [-0.2, -0.15) is 13.2 Å². The lowest BCUT2D eigenvalue weighted by atomic mass is 9.95. The lowest BCUT2D eigenvalue weighted by molar-refractivity contribution is -0.137. The topological polar surface area (TPSA) is 12.0 Å². The summed E-state index contributed by atoms with van der Waals surface area (Å²) in [7, 11) is 0. The first-order chi connectivity index (χ1) is 9.41. The SMILES string of the molecule is Fc1cc(CNC2CC3CCC2C3)cc(C(F)(F)F)c1. The molecular formula is C15H17F4N. The number of nitrogens with one attached hydrogen (secondary N) is 1. The van der Waals surface area contributed by atoms with Crippen molar-refractivity contribution in [1.82, 2.24) is 5.32 Å². The van der Waals surface area contributed by atoms with Gasteiger partial charge in [-0.05, 0) is 54.9 Å². The first-order valence-corrected chi connectivity index (χ1v) is 7.02. The fraction of sp³-hybridized carbons (Fsp3) is 0.600. The summed E-state index contributed by atoms with van der Waals surface area (Å²) in [4.78, 5) is 0. The summed E-state index contributed by atoms with van der Waals surface area (Å²) in [5, 5.41) is 3.30. The van der Waals surface area contributed by atoms with Gasteiger partial charge < -0.3 is 5.32 Å². The second-order valence-corrected chi connectivity index (χ2v) is 6.01. The Labute approximate surface area is 115 Å². The monoisotopic (exact) mass is 287 g/mol. The molecule has 0 aliphatic heterocycles. The Morgan fingerprint density at radius 2 is 1.90 bits per heavy atom. The second-order valence-electron chi connectivity index (χ2n) is 6.01. The molecule has 5 heteroatoms. The molecule has 2 fully saturated rings. The maximum Gasteiger partial charge on any atom is 0.416 e. The zero-order valence-electron chi connectivity index (χ0n) is 11.0. The Morgan fingerprint density at radius 1 is 1.10 bits per heavy atom. The number of alkyl halides is 3. The van der Waals surface area contributed by atoms with Crippen LogP contribution in [0.4, 0.5) is 17.6 Å². The highest BCUT2D eigenvalue weighted by molar-refractivity contribution is 5.26. The van der Waals surface area contributed by atoms with E-state index in [1.54, 1.807) is 0 Å². The Morgan fingerprint density at radius 3 is 2.50 bits per heavy atom. The molecule has 2 bridgehead atoms. The molecule has 0 aromatic heterocycles. The molecule has 110 valence electrons. The number of benzene rings is 1. The molecule has 0 amide bonds. The summed E-state index contributed by atoms with van der Waals surface area (Å²) in [6.07, 6.45) is 0.324. The van der Waals surface area contributed by atoms with Crippen LogP contribution in [0.15, 0.2) is 18.2 Å². The van der Waals surface area contributed by atoms with Gasteiger partial charge in [0.05, 0.1) is 5.56 Å². The predicted molar refractivity (Wildman–Crippen MR) is 67.5 cm³/mol. The summed E-state index contributed by atoms with van der Waals surface area (Å²) >= 11 is 0. The number of hydrogen-bond donors (Lipinski definition) is 1. The minimum absolute atomic E-state index is 0.300. The molecular weight excluding hydrogens is 270 g/mol. The van der Waals surface area contributed by atoms with E-state index < -0.39 is 17.6 Å². The van der Waals surface area contributed by atoms with E-state index in [0.717, 1.165) is 18.4 Å². The van der Waals surface area contributed by atoms with Crippen LogP contribution in [0.3, 0.4) is 0 Å². The van der Waals surface area contributed by atoms with E-state index in [4.69, 9.17) is 0 Å². The van der Waals surface area contributed by atoms with E-state index in [1.807, 2.05) is 0 Å². The molecule has 20 heavy (non-hydrogen) atoms. The van der Waals surface area contributed by atoms with Crippen LogP contribution < -0.4 is 5.32 Å². The molecule has 1 nitrogen and oxygen atoms in total. The zero-order chi connectivity index (χ0) is 14.3. The first kappa shape index (κ1) is 13.9. The lowest BCUT2D eigenvalue weighted by Crippen LogP contribution is -2.33. The molecule has 3 unspecified atom stereocenters. The highest BCUT2D eigenvalue weighted by Crippen LogP contribution is 2.44. The molecule has 1 aromatic rings. The first-order valence-electron chi connectivity index (χ1n) is 7.02. The summed E-state index contributed by atoms with van der Waals surface area (Å²) in [6.45, 7) is 0.300. The fourth-order valence-electron chi connectivity index (χ4n) is 3.66.